The van der Waals surface area contributed by atoms with Crippen LogP contribution in [0.5, 0.6) is 0 Å². The number of aliphatic carboxylic acids is 1. The van der Waals surface area contributed by atoms with Crippen molar-refractivity contribution in [3.8, 4) is 0 Å². The summed E-state index contributed by atoms with van der Waals surface area (Å²) in [5.41, 5.74) is 0. The fraction of sp³-hybridized carbons (Fsp3) is 0.857. The standard InChI is InChI=1S/C7H12O4/c8-5-1-2-6(11-4-5)3-7(9)10/h5-6,8H,1-4H2,(H,9,10)/t5-,6?/m0/s1. The lowest BCUT2D eigenvalue weighted by Crippen LogP contribution is -2.30. The van der Waals surface area contributed by atoms with E-state index in [0.29, 0.717) is 12.8 Å². The van der Waals surface area contributed by atoms with Gasteiger partial charge in [-0.25, -0.2) is 0 Å². The summed E-state index contributed by atoms with van der Waals surface area (Å²) in [6.07, 6.45) is 0.744. The predicted molar refractivity (Wildman–Crippen MR) is 37.2 cm³/mol. The van der Waals surface area contributed by atoms with Gasteiger partial charge >= 0.3 is 5.97 Å². The molecular formula is C7H12O4. The molecule has 4 heteroatoms. The predicted octanol–water partition coefficient (Wildman–Crippen LogP) is 0.00100. The lowest BCUT2D eigenvalue weighted by atomic mass is 10.1. The molecule has 64 valence electrons. The maximum absolute atomic E-state index is 10.2. The average Bonchev–Trinajstić information content (AvgIpc) is 1.93. The van der Waals surface area contributed by atoms with Crippen LogP contribution in [-0.2, 0) is 9.53 Å². The summed E-state index contributed by atoms with van der Waals surface area (Å²) < 4.78 is 5.07. The highest BCUT2D eigenvalue weighted by molar-refractivity contribution is 5.67. The van der Waals surface area contributed by atoms with E-state index in [1.807, 2.05) is 0 Å². The van der Waals surface area contributed by atoms with Gasteiger partial charge in [-0.1, -0.05) is 0 Å². The Morgan fingerprint density at radius 2 is 2.27 bits per heavy atom. The molecule has 1 heterocycles. The average molecular weight is 160 g/mol. The molecule has 0 saturated carbocycles. The number of ether oxygens (including phenoxy) is 1. The van der Waals surface area contributed by atoms with Gasteiger partial charge in [-0.05, 0) is 12.8 Å². The van der Waals surface area contributed by atoms with Crippen molar-refractivity contribution in [2.24, 2.45) is 0 Å². The molecule has 0 aliphatic carbocycles. The fourth-order valence-corrected chi connectivity index (χ4v) is 1.15. The Kier molecular flexibility index (Phi) is 2.84. The molecule has 1 rings (SSSR count). The first-order valence-corrected chi connectivity index (χ1v) is 3.70. The largest absolute Gasteiger partial charge is 0.481 e. The summed E-state index contributed by atoms with van der Waals surface area (Å²) in [6, 6.07) is 0. The van der Waals surface area contributed by atoms with Crippen LogP contribution < -0.4 is 0 Å². The lowest BCUT2D eigenvalue weighted by Gasteiger charge is -2.24. The molecule has 0 aromatic carbocycles. The quantitative estimate of drug-likeness (QED) is 0.596. The van der Waals surface area contributed by atoms with E-state index in [0.717, 1.165) is 0 Å². The van der Waals surface area contributed by atoms with Gasteiger partial charge in [0.1, 0.15) is 0 Å². The summed E-state index contributed by atoms with van der Waals surface area (Å²) >= 11 is 0. The molecule has 2 N–H and O–H groups in total. The molecule has 1 fully saturated rings. The van der Waals surface area contributed by atoms with Crippen molar-refractivity contribution in [1.82, 2.24) is 0 Å². The van der Waals surface area contributed by atoms with Crippen molar-refractivity contribution >= 4 is 5.97 Å². The minimum atomic E-state index is -0.841. The molecular weight excluding hydrogens is 148 g/mol. The fourth-order valence-electron chi connectivity index (χ4n) is 1.15. The number of aliphatic hydroxyl groups is 1. The van der Waals surface area contributed by atoms with Crippen molar-refractivity contribution in [2.75, 3.05) is 6.61 Å². The number of carboxylic acids is 1. The number of hydrogen-bond acceptors (Lipinski definition) is 3. The summed E-state index contributed by atoms with van der Waals surface area (Å²) in [7, 11) is 0. The minimum Gasteiger partial charge on any atom is -0.481 e. The van der Waals surface area contributed by atoms with E-state index in [1.54, 1.807) is 0 Å². The van der Waals surface area contributed by atoms with Crippen LogP contribution in [0.1, 0.15) is 19.3 Å². The third kappa shape index (κ3) is 2.86. The molecule has 1 unspecified atom stereocenters. The molecule has 4 nitrogen and oxygen atoms in total. The first-order chi connectivity index (χ1) is 5.18. The molecule has 1 aliphatic heterocycles. The summed E-state index contributed by atoms with van der Waals surface area (Å²) in [5.74, 6) is -0.841. The number of hydrogen-bond donors (Lipinski definition) is 2. The SMILES string of the molecule is O=C(O)CC1CC[C@H](O)CO1. The highest BCUT2D eigenvalue weighted by Crippen LogP contribution is 2.15. The summed E-state index contributed by atoms with van der Waals surface area (Å²) in [4.78, 5) is 10.2. The molecule has 11 heavy (non-hydrogen) atoms. The second-order valence-corrected chi connectivity index (χ2v) is 2.78. The number of rotatable bonds is 2. The monoisotopic (exact) mass is 160 g/mol. The Balaban J connectivity index is 2.22. The van der Waals surface area contributed by atoms with E-state index < -0.39 is 12.1 Å². The van der Waals surface area contributed by atoms with Crippen LogP contribution in [0.3, 0.4) is 0 Å². The zero-order chi connectivity index (χ0) is 8.27. The van der Waals surface area contributed by atoms with Crippen LogP contribution in [0.15, 0.2) is 0 Å². The van der Waals surface area contributed by atoms with Crippen LogP contribution in [0, 0.1) is 0 Å². The van der Waals surface area contributed by atoms with E-state index in [2.05, 4.69) is 0 Å². The number of carbonyl (C=O) groups is 1. The summed E-state index contributed by atoms with van der Waals surface area (Å²) in [5, 5.41) is 17.4. The molecule has 0 aromatic heterocycles. The zero-order valence-corrected chi connectivity index (χ0v) is 6.19. The first-order valence-electron chi connectivity index (χ1n) is 3.70. The third-order valence-electron chi connectivity index (χ3n) is 1.75. The van der Waals surface area contributed by atoms with Gasteiger partial charge in [0.25, 0.3) is 0 Å². The Bertz CT molecular complexity index is 137. The summed E-state index contributed by atoms with van der Waals surface area (Å²) in [6.45, 7) is 0.276. The van der Waals surface area contributed by atoms with Gasteiger partial charge in [0.2, 0.25) is 0 Å². The highest BCUT2D eigenvalue weighted by Gasteiger charge is 2.21. The molecule has 0 radical (unpaired) electrons. The van der Waals surface area contributed by atoms with Crippen LogP contribution >= 0.6 is 0 Å². The van der Waals surface area contributed by atoms with Crippen molar-refractivity contribution in [2.45, 2.75) is 31.5 Å². The van der Waals surface area contributed by atoms with Crippen LogP contribution in [0.2, 0.25) is 0 Å². The van der Waals surface area contributed by atoms with Crippen molar-refractivity contribution in [3.63, 3.8) is 0 Å². The molecule has 0 aromatic rings. The van der Waals surface area contributed by atoms with Crippen LogP contribution in [0.25, 0.3) is 0 Å². The molecule has 1 aliphatic rings. The smallest absolute Gasteiger partial charge is 0.305 e. The Morgan fingerprint density at radius 1 is 1.55 bits per heavy atom. The molecule has 0 amide bonds. The van der Waals surface area contributed by atoms with E-state index >= 15 is 0 Å². The number of carboxylic acid groups (broad SMARTS) is 1. The molecule has 0 spiro atoms. The maximum atomic E-state index is 10.2. The second-order valence-electron chi connectivity index (χ2n) is 2.78. The van der Waals surface area contributed by atoms with Gasteiger partial charge in [0.15, 0.2) is 0 Å². The number of aliphatic hydroxyl groups excluding tert-OH is 1. The van der Waals surface area contributed by atoms with E-state index in [9.17, 15) is 4.79 Å². The van der Waals surface area contributed by atoms with Crippen LogP contribution in [0.4, 0.5) is 0 Å². The van der Waals surface area contributed by atoms with Gasteiger partial charge < -0.3 is 14.9 Å². The maximum Gasteiger partial charge on any atom is 0.305 e. The normalized spacial score (nSPS) is 31.7. The third-order valence-corrected chi connectivity index (χ3v) is 1.75. The molecule has 1 saturated heterocycles. The van der Waals surface area contributed by atoms with Gasteiger partial charge in [0.05, 0.1) is 25.2 Å². The first kappa shape index (κ1) is 8.49. The lowest BCUT2D eigenvalue weighted by molar-refractivity contribution is -0.142. The second kappa shape index (κ2) is 3.69. The van der Waals surface area contributed by atoms with Crippen LogP contribution in [-0.4, -0.2) is 35.0 Å². The topological polar surface area (TPSA) is 66.8 Å². The van der Waals surface area contributed by atoms with E-state index in [-0.39, 0.29) is 19.1 Å². The van der Waals surface area contributed by atoms with Crippen molar-refractivity contribution < 1.29 is 19.7 Å². The van der Waals surface area contributed by atoms with Gasteiger partial charge in [0, 0.05) is 0 Å². The molecule has 2 atom stereocenters. The zero-order valence-electron chi connectivity index (χ0n) is 6.19. The van der Waals surface area contributed by atoms with Crippen molar-refractivity contribution in [3.05, 3.63) is 0 Å². The van der Waals surface area contributed by atoms with Gasteiger partial charge in [-0.3, -0.25) is 4.79 Å². The molecule has 0 bridgehead atoms. The Hall–Kier alpha value is -0.610. The van der Waals surface area contributed by atoms with E-state index in [4.69, 9.17) is 14.9 Å². The highest BCUT2D eigenvalue weighted by atomic mass is 16.5. The Morgan fingerprint density at radius 3 is 2.73 bits per heavy atom. The van der Waals surface area contributed by atoms with Crippen molar-refractivity contribution in [1.29, 1.82) is 0 Å². The van der Waals surface area contributed by atoms with Gasteiger partial charge in [-0.2, -0.15) is 0 Å². The van der Waals surface area contributed by atoms with E-state index in [1.165, 1.54) is 0 Å². The Labute approximate surface area is 64.8 Å². The van der Waals surface area contributed by atoms with Gasteiger partial charge in [-0.15, -0.1) is 0 Å². The minimum absolute atomic E-state index is 0.0483.